The van der Waals surface area contributed by atoms with Gasteiger partial charge in [-0.15, -0.1) is 24.0 Å². The topological polar surface area (TPSA) is 57.2 Å². The fourth-order valence-corrected chi connectivity index (χ4v) is 3.91. The zero-order valence-corrected chi connectivity index (χ0v) is 19.4. The van der Waals surface area contributed by atoms with Gasteiger partial charge in [-0.25, -0.2) is 0 Å². The quantitative estimate of drug-likeness (QED) is 0.271. The van der Waals surface area contributed by atoms with E-state index >= 15 is 0 Å². The molecule has 28 heavy (non-hydrogen) atoms. The van der Waals surface area contributed by atoms with Crippen LogP contribution in [0.25, 0.3) is 0 Å². The van der Waals surface area contributed by atoms with Crippen LogP contribution in [0.1, 0.15) is 44.1 Å². The van der Waals surface area contributed by atoms with E-state index in [1.807, 2.05) is 17.0 Å². The maximum atomic E-state index is 11.7. The molecule has 0 spiro atoms. The molecule has 0 radical (unpaired) electrons. The summed E-state index contributed by atoms with van der Waals surface area (Å²) >= 11 is 0. The van der Waals surface area contributed by atoms with Gasteiger partial charge in [0.05, 0.1) is 7.11 Å². The fraction of sp³-hybridized carbons (Fsp3) is 0.619. The van der Waals surface area contributed by atoms with Gasteiger partial charge in [-0.3, -0.25) is 9.79 Å². The van der Waals surface area contributed by atoms with Gasteiger partial charge in [0.25, 0.3) is 0 Å². The van der Waals surface area contributed by atoms with Crippen molar-refractivity contribution in [2.75, 3.05) is 46.4 Å². The molecule has 2 saturated heterocycles. The first-order valence-corrected chi connectivity index (χ1v) is 10.2. The molecule has 0 bridgehead atoms. The van der Waals surface area contributed by atoms with Crippen LogP contribution < -0.4 is 10.1 Å². The molecule has 2 aliphatic rings. The summed E-state index contributed by atoms with van der Waals surface area (Å²) in [5.41, 5.74) is 1.36. The number of hydrogen-bond acceptors (Lipinski definition) is 3. The number of guanidine groups is 1. The highest BCUT2D eigenvalue weighted by Crippen LogP contribution is 2.28. The number of aliphatic imine (C=N–C) groups is 1. The van der Waals surface area contributed by atoms with Gasteiger partial charge in [0, 0.05) is 51.6 Å². The van der Waals surface area contributed by atoms with Crippen molar-refractivity contribution in [3.05, 3.63) is 29.8 Å². The molecule has 0 saturated carbocycles. The van der Waals surface area contributed by atoms with Crippen molar-refractivity contribution >= 4 is 35.8 Å². The van der Waals surface area contributed by atoms with E-state index in [0.717, 1.165) is 70.2 Å². The molecule has 6 nitrogen and oxygen atoms in total. The number of nitrogens with one attached hydrogen (secondary N) is 1. The summed E-state index contributed by atoms with van der Waals surface area (Å²) in [6.07, 6.45) is 3.78. The highest BCUT2D eigenvalue weighted by atomic mass is 127. The summed E-state index contributed by atoms with van der Waals surface area (Å²) in [7, 11) is 1.70. The molecule has 7 heteroatoms. The third-order valence-electron chi connectivity index (χ3n) is 5.43. The van der Waals surface area contributed by atoms with Gasteiger partial charge in [0.2, 0.25) is 5.91 Å². The molecule has 0 aliphatic carbocycles. The number of benzene rings is 1. The van der Waals surface area contributed by atoms with Crippen LogP contribution in [-0.4, -0.2) is 68.0 Å². The molecule has 2 heterocycles. The second kappa shape index (κ2) is 11.5. The smallest absolute Gasteiger partial charge is 0.222 e. The van der Waals surface area contributed by atoms with E-state index in [1.54, 1.807) is 7.11 Å². The lowest BCUT2D eigenvalue weighted by Gasteiger charge is -2.22. The Kier molecular flexibility index (Phi) is 9.34. The van der Waals surface area contributed by atoms with Gasteiger partial charge >= 0.3 is 0 Å². The Morgan fingerprint density at radius 1 is 1.29 bits per heavy atom. The number of halogens is 1. The monoisotopic (exact) mass is 500 g/mol. The van der Waals surface area contributed by atoms with Crippen LogP contribution in [0.4, 0.5) is 0 Å². The van der Waals surface area contributed by atoms with Crippen molar-refractivity contribution in [1.82, 2.24) is 15.1 Å². The Morgan fingerprint density at radius 3 is 2.71 bits per heavy atom. The van der Waals surface area contributed by atoms with Crippen LogP contribution in [0.5, 0.6) is 5.75 Å². The molecule has 1 atom stereocenters. The average Bonchev–Trinajstić information content (AvgIpc) is 3.34. The van der Waals surface area contributed by atoms with E-state index in [9.17, 15) is 4.79 Å². The van der Waals surface area contributed by atoms with Crippen LogP contribution in [0, 0.1) is 0 Å². The maximum Gasteiger partial charge on any atom is 0.222 e. The Hall–Kier alpha value is -1.51. The van der Waals surface area contributed by atoms with E-state index in [1.165, 1.54) is 5.56 Å². The Balaban J connectivity index is 0.00000280. The number of methoxy groups -OCH3 is 1. The highest BCUT2D eigenvalue weighted by molar-refractivity contribution is 14.0. The van der Waals surface area contributed by atoms with Crippen molar-refractivity contribution in [3.8, 4) is 5.75 Å². The van der Waals surface area contributed by atoms with Crippen LogP contribution in [0.15, 0.2) is 29.3 Å². The molecule has 1 unspecified atom stereocenters. The molecule has 3 rings (SSSR count). The van der Waals surface area contributed by atoms with Crippen molar-refractivity contribution in [3.63, 3.8) is 0 Å². The van der Waals surface area contributed by atoms with Crippen LogP contribution in [-0.2, 0) is 4.79 Å². The standard InChI is InChI=1S/C21H32N4O2.HI/c1-3-22-21(23-12-5-14-24-13-4-6-20(24)26)25-15-11-18(16-25)17-7-9-19(27-2)10-8-17;/h7-10,18H,3-6,11-16H2,1-2H3,(H,22,23);1H. The minimum absolute atomic E-state index is 0. The summed E-state index contributed by atoms with van der Waals surface area (Å²) in [4.78, 5) is 20.8. The van der Waals surface area contributed by atoms with Gasteiger partial charge in [-0.05, 0) is 43.9 Å². The number of carbonyl (C=O) groups excluding carboxylic acids is 1. The molecule has 156 valence electrons. The summed E-state index contributed by atoms with van der Waals surface area (Å²) < 4.78 is 5.26. The van der Waals surface area contributed by atoms with Gasteiger partial charge in [-0.1, -0.05) is 12.1 Å². The van der Waals surface area contributed by atoms with Crippen LogP contribution >= 0.6 is 24.0 Å². The predicted octanol–water partition coefficient (Wildman–Crippen LogP) is 3.08. The van der Waals surface area contributed by atoms with Crippen LogP contribution in [0.2, 0.25) is 0 Å². The minimum atomic E-state index is 0. The van der Waals surface area contributed by atoms with Crippen molar-refractivity contribution in [2.24, 2.45) is 4.99 Å². The summed E-state index contributed by atoms with van der Waals surface area (Å²) in [5.74, 6) is 2.73. The van der Waals surface area contributed by atoms with Crippen molar-refractivity contribution < 1.29 is 9.53 Å². The Labute approximate surface area is 185 Å². The minimum Gasteiger partial charge on any atom is -0.497 e. The molecule has 2 fully saturated rings. The SMILES string of the molecule is CCNC(=NCCCN1CCCC1=O)N1CCC(c2ccc(OC)cc2)C1.I. The summed E-state index contributed by atoms with van der Waals surface area (Å²) in [6, 6.07) is 8.42. The largest absolute Gasteiger partial charge is 0.497 e. The lowest BCUT2D eigenvalue weighted by Crippen LogP contribution is -2.40. The number of rotatable bonds is 7. The number of nitrogens with zero attached hydrogens (tertiary/aromatic N) is 3. The number of amides is 1. The number of likely N-dealkylation sites (tertiary alicyclic amines) is 2. The number of carbonyl (C=O) groups is 1. The van der Waals surface area contributed by atoms with Crippen molar-refractivity contribution in [2.45, 2.75) is 38.5 Å². The lowest BCUT2D eigenvalue weighted by atomic mass is 9.98. The second-order valence-corrected chi connectivity index (χ2v) is 7.28. The molecule has 1 aromatic rings. The molecular formula is C21H33IN4O2. The van der Waals surface area contributed by atoms with Crippen LogP contribution in [0.3, 0.4) is 0 Å². The Morgan fingerprint density at radius 2 is 2.07 bits per heavy atom. The van der Waals surface area contributed by atoms with E-state index in [4.69, 9.17) is 9.73 Å². The summed E-state index contributed by atoms with van der Waals surface area (Å²) in [6.45, 7) is 7.49. The van der Waals surface area contributed by atoms with E-state index in [-0.39, 0.29) is 24.0 Å². The number of hydrogen-bond donors (Lipinski definition) is 1. The van der Waals surface area contributed by atoms with E-state index < -0.39 is 0 Å². The predicted molar refractivity (Wildman–Crippen MR) is 124 cm³/mol. The molecule has 1 amide bonds. The lowest BCUT2D eigenvalue weighted by molar-refractivity contribution is -0.127. The average molecular weight is 500 g/mol. The molecule has 2 aliphatic heterocycles. The van der Waals surface area contributed by atoms with Gasteiger partial charge < -0.3 is 19.9 Å². The van der Waals surface area contributed by atoms with Gasteiger partial charge in [-0.2, -0.15) is 0 Å². The summed E-state index contributed by atoms with van der Waals surface area (Å²) in [5, 5.41) is 3.43. The molecule has 0 aromatic heterocycles. The molecular weight excluding hydrogens is 467 g/mol. The zero-order valence-electron chi connectivity index (χ0n) is 17.0. The zero-order chi connectivity index (χ0) is 19.1. The fourth-order valence-electron chi connectivity index (χ4n) is 3.91. The highest BCUT2D eigenvalue weighted by Gasteiger charge is 2.26. The normalized spacial score (nSPS) is 19.7. The van der Waals surface area contributed by atoms with Gasteiger partial charge in [0.15, 0.2) is 5.96 Å². The molecule has 1 aromatic carbocycles. The third-order valence-corrected chi connectivity index (χ3v) is 5.43. The maximum absolute atomic E-state index is 11.7. The number of ether oxygens (including phenoxy) is 1. The first-order chi connectivity index (χ1) is 13.2. The van der Waals surface area contributed by atoms with Gasteiger partial charge in [0.1, 0.15) is 5.75 Å². The Bertz CT molecular complexity index is 650. The van der Waals surface area contributed by atoms with E-state index in [0.29, 0.717) is 18.2 Å². The third kappa shape index (κ3) is 5.99. The van der Waals surface area contributed by atoms with Crippen molar-refractivity contribution in [1.29, 1.82) is 0 Å². The first kappa shape index (κ1) is 22.8. The first-order valence-electron chi connectivity index (χ1n) is 10.2. The second-order valence-electron chi connectivity index (χ2n) is 7.28. The van der Waals surface area contributed by atoms with E-state index in [2.05, 4.69) is 29.3 Å². The molecule has 1 N–H and O–H groups in total.